The molecule has 3 rings (SSSR count). The summed E-state index contributed by atoms with van der Waals surface area (Å²) in [6.07, 6.45) is 6.65. The van der Waals surface area contributed by atoms with Crippen LogP contribution in [0.3, 0.4) is 0 Å². The van der Waals surface area contributed by atoms with Crippen molar-refractivity contribution in [2.45, 2.75) is 30.8 Å². The molecule has 136 valence electrons. The lowest BCUT2D eigenvalue weighted by Crippen LogP contribution is -2.49. The Morgan fingerprint density at radius 2 is 1.88 bits per heavy atom. The number of pyridine rings is 1. The molecule has 2 fully saturated rings. The molecule has 0 unspecified atom stereocenters. The molecule has 0 aliphatic carbocycles. The van der Waals surface area contributed by atoms with E-state index in [0.717, 1.165) is 5.56 Å². The summed E-state index contributed by atoms with van der Waals surface area (Å²) in [5.41, 5.74) is -0.140. The number of carbonyl (C=O) groups is 1. The fourth-order valence-electron chi connectivity index (χ4n) is 3.38. The van der Waals surface area contributed by atoms with Gasteiger partial charge in [-0.2, -0.15) is 0 Å². The Morgan fingerprint density at radius 1 is 1.20 bits per heavy atom. The predicted octanol–water partition coefficient (Wildman–Crippen LogP) is 1.79. The first-order valence-electron chi connectivity index (χ1n) is 8.55. The molecule has 1 atom stereocenters. The van der Waals surface area contributed by atoms with Gasteiger partial charge in [0.1, 0.15) is 0 Å². The highest BCUT2D eigenvalue weighted by Crippen LogP contribution is 2.30. The van der Waals surface area contributed by atoms with Crippen molar-refractivity contribution in [3.8, 4) is 0 Å². The maximum Gasteiger partial charge on any atom is 0.250 e. The van der Waals surface area contributed by atoms with Gasteiger partial charge in [0.2, 0.25) is 5.91 Å². The summed E-state index contributed by atoms with van der Waals surface area (Å²) in [6.45, 7) is 1.61. The van der Waals surface area contributed by atoms with Gasteiger partial charge < -0.3 is 10.0 Å². The first-order valence-corrected chi connectivity index (χ1v) is 8.55. The highest BCUT2D eigenvalue weighted by atomic mass is 19.3. The number of aliphatic hydroxyl groups is 1. The number of halogens is 2. The predicted molar refractivity (Wildman–Crippen MR) is 90.0 cm³/mol. The summed E-state index contributed by atoms with van der Waals surface area (Å²) in [4.78, 5) is 19.7. The summed E-state index contributed by atoms with van der Waals surface area (Å²) in [5.74, 6) is -2.74. The van der Waals surface area contributed by atoms with Crippen molar-refractivity contribution in [3.63, 3.8) is 0 Å². The molecule has 0 bridgehead atoms. The Kier molecular flexibility index (Phi) is 5.15. The van der Waals surface area contributed by atoms with Crippen LogP contribution in [0.15, 0.2) is 30.6 Å². The molecule has 2 saturated heterocycles. The smallest absolute Gasteiger partial charge is 0.250 e. The fourth-order valence-corrected chi connectivity index (χ4v) is 3.38. The van der Waals surface area contributed by atoms with Gasteiger partial charge in [-0.15, -0.1) is 0 Å². The number of nitrogens with zero attached hydrogens (tertiary/aromatic N) is 3. The Balaban J connectivity index is 1.52. The molecule has 1 N–H and O–H groups in total. The molecule has 2 aliphatic rings. The second kappa shape index (κ2) is 7.17. The summed E-state index contributed by atoms with van der Waals surface area (Å²) in [5, 5.41) is 10.7. The van der Waals surface area contributed by atoms with Crippen LogP contribution in [-0.2, 0) is 4.79 Å². The van der Waals surface area contributed by atoms with Gasteiger partial charge in [0.05, 0.1) is 12.1 Å². The van der Waals surface area contributed by atoms with Crippen LogP contribution in [0, 0.1) is 0 Å². The summed E-state index contributed by atoms with van der Waals surface area (Å²) < 4.78 is 26.5. The number of hydrogen-bond donors (Lipinski definition) is 1. The van der Waals surface area contributed by atoms with Gasteiger partial charge in [-0.25, -0.2) is 8.78 Å². The molecule has 1 amide bonds. The second-order valence-corrected chi connectivity index (χ2v) is 6.98. The molecule has 2 aliphatic heterocycles. The van der Waals surface area contributed by atoms with Gasteiger partial charge >= 0.3 is 0 Å². The molecular formula is C18H23F2N3O2. The standard InChI is InChI=1S/C18H23F2N3O2/c19-18(20)6-10-22(11-7-18)13-17(25)5-12-23(14-17)16(24)2-1-15-3-8-21-9-4-15/h1-4,8-9,25H,5-7,10-14H2/b2-1+/t17-/m0/s1. The van der Waals surface area contributed by atoms with Gasteiger partial charge in [0.15, 0.2) is 0 Å². The highest BCUT2D eigenvalue weighted by molar-refractivity contribution is 5.92. The molecule has 7 heteroatoms. The van der Waals surface area contributed by atoms with E-state index < -0.39 is 11.5 Å². The van der Waals surface area contributed by atoms with Crippen molar-refractivity contribution in [3.05, 3.63) is 36.2 Å². The lowest BCUT2D eigenvalue weighted by molar-refractivity contribution is -0.126. The zero-order chi connectivity index (χ0) is 17.9. The number of aromatic nitrogens is 1. The van der Waals surface area contributed by atoms with Gasteiger partial charge in [-0.05, 0) is 30.2 Å². The Hall–Kier alpha value is -1.86. The van der Waals surface area contributed by atoms with Crippen molar-refractivity contribution in [1.29, 1.82) is 0 Å². The molecule has 1 aromatic heterocycles. The second-order valence-electron chi connectivity index (χ2n) is 6.98. The Morgan fingerprint density at radius 3 is 2.56 bits per heavy atom. The zero-order valence-electron chi connectivity index (χ0n) is 14.1. The van der Waals surface area contributed by atoms with Gasteiger partial charge in [-0.1, -0.05) is 0 Å². The third kappa shape index (κ3) is 4.83. The average Bonchev–Trinajstić information content (AvgIpc) is 2.98. The molecule has 0 radical (unpaired) electrons. The van der Waals surface area contributed by atoms with Crippen molar-refractivity contribution in [2.75, 3.05) is 32.7 Å². The molecule has 25 heavy (non-hydrogen) atoms. The minimum Gasteiger partial charge on any atom is -0.387 e. The van der Waals surface area contributed by atoms with Gasteiger partial charge in [0, 0.05) is 57.5 Å². The van der Waals surface area contributed by atoms with E-state index in [1.54, 1.807) is 35.5 Å². The Bertz CT molecular complexity index is 628. The molecule has 3 heterocycles. The van der Waals surface area contributed by atoms with E-state index in [0.29, 0.717) is 19.5 Å². The average molecular weight is 351 g/mol. The SMILES string of the molecule is O=C(/C=C/c1ccncc1)N1CC[C@](O)(CN2CCC(F)(F)CC2)C1. The topological polar surface area (TPSA) is 56.7 Å². The van der Waals surface area contributed by atoms with Crippen LogP contribution in [0.2, 0.25) is 0 Å². The van der Waals surface area contributed by atoms with Crippen molar-refractivity contribution in [2.24, 2.45) is 0 Å². The number of amides is 1. The molecule has 0 spiro atoms. The lowest BCUT2D eigenvalue weighted by atomic mass is 10.00. The maximum absolute atomic E-state index is 13.2. The summed E-state index contributed by atoms with van der Waals surface area (Å²) in [6, 6.07) is 3.60. The number of likely N-dealkylation sites (tertiary alicyclic amines) is 2. The van der Waals surface area contributed by atoms with Gasteiger partial charge in [-0.3, -0.25) is 14.7 Å². The van der Waals surface area contributed by atoms with Crippen molar-refractivity contribution >= 4 is 12.0 Å². The van der Waals surface area contributed by atoms with Crippen LogP contribution in [0.1, 0.15) is 24.8 Å². The first kappa shape index (κ1) is 17.9. The van der Waals surface area contributed by atoms with E-state index >= 15 is 0 Å². The van der Waals surface area contributed by atoms with Crippen LogP contribution >= 0.6 is 0 Å². The van der Waals surface area contributed by atoms with Crippen LogP contribution in [0.25, 0.3) is 6.08 Å². The third-order valence-electron chi connectivity index (χ3n) is 4.87. The number of β-amino-alcohol motifs (C(OH)–C–C–N with tert-alkyl or cyclic N) is 1. The van der Waals surface area contributed by atoms with Crippen molar-refractivity contribution < 1.29 is 18.7 Å². The normalized spacial score (nSPS) is 27.1. The number of carbonyl (C=O) groups excluding carboxylic acids is 1. The third-order valence-corrected chi connectivity index (χ3v) is 4.87. The van der Waals surface area contributed by atoms with Crippen LogP contribution in [0.4, 0.5) is 8.78 Å². The minimum atomic E-state index is -2.59. The zero-order valence-corrected chi connectivity index (χ0v) is 14.1. The molecule has 0 saturated carbocycles. The van der Waals surface area contributed by atoms with E-state index in [1.807, 2.05) is 4.90 Å². The maximum atomic E-state index is 13.2. The van der Waals surface area contributed by atoms with E-state index in [9.17, 15) is 18.7 Å². The van der Waals surface area contributed by atoms with E-state index in [1.165, 1.54) is 6.08 Å². The molecule has 0 aromatic carbocycles. The molecule has 5 nitrogen and oxygen atoms in total. The van der Waals surface area contributed by atoms with Crippen LogP contribution in [0.5, 0.6) is 0 Å². The highest BCUT2D eigenvalue weighted by Gasteiger charge is 2.41. The van der Waals surface area contributed by atoms with E-state index in [2.05, 4.69) is 4.98 Å². The number of hydrogen-bond acceptors (Lipinski definition) is 4. The van der Waals surface area contributed by atoms with E-state index in [4.69, 9.17) is 0 Å². The number of piperidine rings is 1. The quantitative estimate of drug-likeness (QED) is 0.841. The number of rotatable bonds is 4. The monoisotopic (exact) mass is 351 g/mol. The summed E-state index contributed by atoms with van der Waals surface area (Å²) in [7, 11) is 0. The van der Waals surface area contributed by atoms with Crippen LogP contribution < -0.4 is 0 Å². The molecular weight excluding hydrogens is 328 g/mol. The molecule has 1 aromatic rings. The lowest BCUT2D eigenvalue weighted by Gasteiger charge is -2.36. The fraction of sp³-hybridized carbons (Fsp3) is 0.556. The summed E-state index contributed by atoms with van der Waals surface area (Å²) >= 11 is 0. The van der Waals surface area contributed by atoms with Crippen LogP contribution in [-0.4, -0.2) is 70.0 Å². The van der Waals surface area contributed by atoms with Crippen molar-refractivity contribution in [1.82, 2.24) is 14.8 Å². The van der Waals surface area contributed by atoms with E-state index in [-0.39, 0.29) is 38.4 Å². The number of alkyl halides is 2. The first-order chi connectivity index (χ1) is 11.9. The van der Waals surface area contributed by atoms with Gasteiger partial charge in [0.25, 0.3) is 5.92 Å². The Labute approximate surface area is 146 Å². The largest absolute Gasteiger partial charge is 0.387 e. The minimum absolute atomic E-state index is 0.155.